The number of pyridine rings is 1. The molecule has 0 amide bonds. The molecule has 2 aromatic heterocycles. The third-order valence-corrected chi connectivity index (χ3v) is 4.94. The Kier molecular flexibility index (Phi) is 2.77. The highest BCUT2D eigenvalue weighted by Crippen LogP contribution is 2.37. The van der Waals surface area contributed by atoms with E-state index in [2.05, 4.69) is 36.4 Å². The Morgan fingerprint density at radius 3 is 2.70 bits per heavy atom. The molecule has 0 saturated carbocycles. The highest BCUT2D eigenvalue weighted by atomic mass is 16.3. The fourth-order valence-electron chi connectivity index (χ4n) is 3.83. The number of para-hydroxylation sites is 2. The second kappa shape index (κ2) is 4.95. The molecule has 0 N–H and O–H groups in total. The summed E-state index contributed by atoms with van der Waals surface area (Å²) in [4.78, 5) is 4.72. The van der Waals surface area contributed by atoms with E-state index in [1.54, 1.807) is 0 Å². The van der Waals surface area contributed by atoms with Gasteiger partial charge in [0.2, 0.25) is 0 Å². The number of fused-ring (bicyclic) bond motifs is 4. The molecule has 0 spiro atoms. The predicted octanol–water partition coefficient (Wildman–Crippen LogP) is 5.53. The van der Waals surface area contributed by atoms with E-state index in [9.17, 15) is 0 Å². The lowest BCUT2D eigenvalue weighted by Gasteiger charge is -2.18. The maximum absolute atomic E-state index is 6.19. The Morgan fingerprint density at radius 2 is 1.70 bits per heavy atom. The molecule has 0 atom stereocenters. The summed E-state index contributed by atoms with van der Waals surface area (Å²) in [6.45, 7) is 0. The molecule has 0 radical (unpaired) electrons. The van der Waals surface area contributed by atoms with E-state index in [0.717, 1.165) is 28.8 Å². The second-order valence-corrected chi connectivity index (χ2v) is 6.28. The van der Waals surface area contributed by atoms with Crippen LogP contribution in [-0.4, -0.2) is 4.98 Å². The van der Waals surface area contributed by atoms with Crippen LogP contribution in [0.4, 0.5) is 0 Å². The maximum atomic E-state index is 6.19. The first-order chi connectivity index (χ1) is 11.4. The van der Waals surface area contributed by atoms with Crippen molar-refractivity contribution >= 4 is 21.9 Å². The van der Waals surface area contributed by atoms with Crippen molar-refractivity contribution in [3.63, 3.8) is 0 Å². The van der Waals surface area contributed by atoms with Crippen molar-refractivity contribution in [2.45, 2.75) is 25.7 Å². The minimum absolute atomic E-state index is 0.944. The third kappa shape index (κ3) is 1.91. The van der Waals surface area contributed by atoms with Gasteiger partial charge in [-0.3, -0.25) is 4.98 Å². The van der Waals surface area contributed by atoms with Gasteiger partial charge in [-0.2, -0.15) is 0 Å². The van der Waals surface area contributed by atoms with Crippen LogP contribution in [0.15, 0.2) is 59.1 Å². The summed E-state index contributed by atoms with van der Waals surface area (Å²) in [5, 5.41) is 2.35. The zero-order valence-corrected chi connectivity index (χ0v) is 12.9. The van der Waals surface area contributed by atoms with Crippen LogP contribution in [0.1, 0.15) is 24.0 Å². The molecule has 2 aromatic carbocycles. The first-order valence-electron chi connectivity index (χ1n) is 8.29. The Labute approximate surface area is 134 Å². The van der Waals surface area contributed by atoms with Gasteiger partial charge >= 0.3 is 0 Å². The summed E-state index contributed by atoms with van der Waals surface area (Å²) in [6.07, 6.45) is 6.77. The van der Waals surface area contributed by atoms with Crippen LogP contribution >= 0.6 is 0 Å². The molecular formula is C21H17NO. The van der Waals surface area contributed by atoms with Gasteiger partial charge in [0, 0.05) is 22.5 Å². The van der Waals surface area contributed by atoms with Crippen LogP contribution in [-0.2, 0) is 12.8 Å². The Balaban J connectivity index is 1.84. The number of benzene rings is 2. The standard InChI is InChI=1S/C21H17NO/c1-2-7-15-14(6-1)12-13-22-20(15)18-10-5-9-17-16-8-3-4-11-19(16)23-21(17)18/h3-5,8-13H,1-2,6-7H2. The molecule has 0 aliphatic heterocycles. The van der Waals surface area contributed by atoms with Crippen molar-refractivity contribution in [3.05, 3.63) is 65.9 Å². The van der Waals surface area contributed by atoms with Gasteiger partial charge in [-0.15, -0.1) is 0 Å². The minimum Gasteiger partial charge on any atom is -0.455 e. The number of aromatic nitrogens is 1. The molecule has 1 aliphatic carbocycles. The lowest BCUT2D eigenvalue weighted by molar-refractivity contribution is 0.668. The molecular weight excluding hydrogens is 282 g/mol. The lowest BCUT2D eigenvalue weighted by Crippen LogP contribution is -2.05. The fourth-order valence-corrected chi connectivity index (χ4v) is 3.83. The summed E-state index contributed by atoms with van der Waals surface area (Å²) >= 11 is 0. The van der Waals surface area contributed by atoms with Crippen LogP contribution < -0.4 is 0 Å². The summed E-state index contributed by atoms with van der Waals surface area (Å²) in [6, 6.07) is 16.8. The van der Waals surface area contributed by atoms with Gasteiger partial charge < -0.3 is 4.42 Å². The van der Waals surface area contributed by atoms with Crippen molar-refractivity contribution in [3.8, 4) is 11.3 Å². The number of hydrogen-bond acceptors (Lipinski definition) is 2. The van der Waals surface area contributed by atoms with Crippen molar-refractivity contribution in [1.29, 1.82) is 0 Å². The average Bonchev–Trinajstić information content (AvgIpc) is 3.00. The van der Waals surface area contributed by atoms with Crippen molar-refractivity contribution < 1.29 is 4.42 Å². The third-order valence-electron chi connectivity index (χ3n) is 4.94. The van der Waals surface area contributed by atoms with Gasteiger partial charge in [-0.1, -0.05) is 30.3 Å². The zero-order chi connectivity index (χ0) is 15.2. The highest BCUT2D eigenvalue weighted by molar-refractivity contribution is 6.09. The zero-order valence-electron chi connectivity index (χ0n) is 12.9. The lowest BCUT2D eigenvalue weighted by atomic mass is 9.89. The first kappa shape index (κ1) is 12.9. The summed E-state index contributed by atoms with van der Waals surface area (Å²) in [5.74, 6) is 0. The quantitative estimate of drug-likeness (QED) is 0.462. The van der Waals surface area contributed by atoms with E-state index in [0.29, 0.717) is 0 Å². The molecule has 0 unspecified atom stereocenters. The SMILES string of the molecule is c1ccc2c(c1)oc1c(-c3nccc4c3CCCC4)cccc12. The van der Waals surface area contributed by atoms with E-state index < -0.39 is 0 Å². The molecule has 5 rings (SSSR count). The van der Waals surface area contributed by atoms with E-state index in [1.165, 1.54) is 41.2 Å². The van der Waals surface area contributed by atoms with Crippen molar-refractivity contribution in [2.24, 2.45) is 0 Å². The topological polar surface area (TPSA) is 26.0 Å². The van der Waals surface area contributed by atoms with Gasteiger partial charge in [-0.05, 0) is 55.0 Å². The summed E-state index contributed by atoms with van der Waals surface area (Å²) in [5.41, 5.74) is 6.99. The van der Waals surface area contributed by atoms with Crippen molar-refractivity contribution in [2.75, 3.05) is 0 Å². The second-order valence-electron chi connectivity index (χ2n) is 6.28. The van der Waals surface area contributed by atoms with E-state index in [-0.39, 0.29) is 0 Å². The fraction of sp³-hybridized carbons (Fsp3) is 0.190. The number of rotatable bonds is 1. The molecule has 2 nitrogen and oxygen atoms in total. The largest absolute Gasteiger partial charge is 0.455 e. The van der Waals surface area contributed by atoms with Crippen LogP contribution in [0.5, 0.6) is 0 Å². The maximum Gasteiger partial charge on any atom is 0.144 e. The van der Waals surface area contributed by atoms with Gasteiger partial charge in [0.1, 0.15) is 11.2 Å². The molecule has 112 valence electrons. The Hall–Kier alpha value is -2.61. The molecule has 1 aliphatic rings. The van der Waals surface area contributed by atoms with Crippen molar-refractivity contribution in [1.82, 2.24) is 4.98 Å². The van der Waals surface area contributed by atoms with E-state index in [1.807, 2.05) is 18.3 Å². The Bertz CT molecular complexity index is 1030. The molecule has 0 bridgehead atoms. The normalized spacial score (nSPS) is 14.3. The number of furan rings is 1. The first-order valence-corrected chi connectivity index (χ1v) is 8.29. The smallest absolute Gasteiger partial charge is 0.144 e. The molecule has 2 heteroatoms. The molecule has 0 fully saturated rings. The number of hydrogen-bond donors (Lipinski definition) is 0. The summed E-state index contributed by atoms with van der Waals surface area (Å²) < 4.78 is 6.19. The minimum atomic E-state index is 0.944. The Morgan fingerprint density at radius 1 is 0.826 bits per heavy atom. The van der Waals surface area contributed by atoms with Crippen LogP contribution in [0.3, 0.4) is 0 Å². The van der Waals surface area contributed by atoms with E-state index >= 15 is 0 Å². The highest BCUT2D eigenvalue weighted by Gasteiger charge is 2.19. The van der Waals surface area contributed by atoms with E-state index in [4.69, 9.17) is 9.40 Å². The van der Waals surface area contributed by atoms with Crippen LogP contribution in [0.2, 0.25) is 0 Å². The average molecular weight is 299 g/mol. The summed E-state index contributed by atoms with van der Waals surface area (Å²) in [7, 11) is 0. The molecule has 4 aromatic rings. The van der Waals surface area contributed by atoms with Gasteiger partial charge in [-0.25, -0.2) is 0 Å². The number of aryl methyl sites for hydroxylation is 1. The van der Waals surface area contributed by atoms with Crippen LogP contribution in [0.25, 0.3) is 33.2 Å². The number of nitrogens with zero attached hydrogens (tertiary/aromatic N) is 1. The van der Waals surface area contributed by atoms with Gasteiger partial charge in [0.25, 0.3) is 0 Å². The monoisotopic (exact) mass is 299 g/mol. The van der Waals surface area contributed by atoms with Gasteiger partial charge in [0.05, 0.1) is 5.69 Å². The predicted molar refractivity (Wildman–Crippen MR) is 93.6 cm³/mol. The molecule has 23 heavy (non-hydrogen) atoms. The molecule has 2 heterocycles. The molecule has 0 saturated heterocycles. The van der Waals surface area contributed by atoms with Gasteiger partial charge in [0.15, 0.2) is 0 Å². The van der Waals surface area contributed by atoms with Crippen LogP contribution in [0, 0.1) is 0 Å².